The normalized spacial score (nSPS) is 10.3. The number of nitrogens with zero attached hydrogens (tertiary/aromatic N) is 1. The summed E-state index contributed by atoms with van der Waals surface area (Å²) in [4.78, 5) is 0. The van der Waals surface area contributed by atoms with Gasteiger partial charge in [0.25, 0.3) is 0 Å². The van der Waals surface area contributed by atoms with Crippen LogP contribution in [0.1, 0.15) is 11.1 Å². The number of nitriles is 1. The number of rotatable bonds is 7. The fourth-order valence-electron chi connectivity index (χ4n) is 2.63. The van der Waals surface area contributed by atoms with Gasteiger partial charge in [0.15, 0.2) is 0 Å². The van der Waals surface area contributed by atoms with E-state index in [9.17, 15) is 4.39 Å². The zero-order chi connectivity index (χ0) is 18.2. The van der Waals surface area contributed by atoms with Gasteiger partial charge in [0.2, 0.25) is 0 Å². The number of hydrogen-bond acceptors (Lipinski definition) is 3. The maximum Gasteiger partial charge on any atom is 0.123 e. The van der Waals surface area contributed by atoms with Crippen LogP contribution >= 0.6 is 0 Å². The highest BCUT2D eigenvalue weighted by Gasteiger charge is 2.01. The van der Waals surface area contributed by atoms with Crippen molar-refractivity contribution >= 4 is 0 Å². The summed E-state index contributed by atoms with van der Waals surface area (Å²) in [6.45, 7) is 1.93. The summed E-state index contributed by atoms with van der Waals surface area (Å²) in [6, 6.07) is 23.9. The van der Waals surface area contributed by atoms with Crippen molar-refractivity contribution in [2.75, 3.05) is 13.2 Å². The third-order valence-electron chi connectivity index (χ3n) is 3.94. The third kappa shape index (κ3) is 4.92. The lowest BCUT2D eigenvalue weighted by Gasteiger charge is -2.09. The van der Waals surface area contributed by atoms with Crippen molar-refractivity contribution in [2.45, 2.75) is 6.54 Å². The van der Waals surface area contributed by atoms with E-state index in [1.165, 1.54) is 12.1 Å². The van der Waals surface area contributed by atoms with Crippen molar-refractivity contribution in [3.05, 3.63) is 89.7 Å². The Hall–Kier alpha value is -3.16. The molecule has 0 atom stereocenters. The first-order valence-corrected chi connectivity index (χ1v) is 8.43. The van der Waals surface area contributed by atoms with Crippen LogP contribution in [-0.4, -0.2) is 13.2 Å². The molecule has 1 N–H and O–H groups in total. The minimum Gasteiger partial charge on any atom is -0.492 e. The van der Waals surface area contributed by atoms with Gasteiger partial charge >= 0.3 is 0 Å². The lowest BCUT2D eigenvalue weighted by molar-refractivity contribution is 0.313. The molecule has 0 aliphatic rings. The van der Waals surface area contributed by atoms with Gasteiger partial charge in [-0.3, -0.25) is 0 Å². The second-order valence-corrected chi connectivity index (χ2v) is 5.87. The highest BCUT2D eigenvalue weighted by Crippen LogP contribution is 2.20. The Morgan fingerprint density at radius 2 is 1.73 bits per heavy atom. The largest absolute Gasteiger partial charge is 0.492 e. The van der Waals surface area contributed by atoms with Crippen molar-refractivity contribution in [1.82, 2.24) is 5.32 Å². The fourth-order valence-corrected chi connectivity index (χ4v) is 2.63. The summed E-state index contributed by atoms with van der Waals surface area (Å²) in [5.74, 6) is 0.469. The van der Waals surface area contributed by atoms with Gasteiger partial charge < -0.3 is 10.1 Å². The summed E-state index contributed by atoms with van der Waals surface area (Å²) < 4.78 is 18.7. The second-order valence-electron chi connectivity index (χ2n) is 5.87. The van der Waals surface area contributed by atoms with E-state index in [1.807, 2.05) is 24.3 Å². The molecule has 0 spiro atoms. The van der Waals surface area contributed by atoms with Crippen molar-refractivity contribution in [1.29, 1.82) is 5.26 Å². The molecule has 0 saturated carbocycles. The van der Waals surface area contributed by atoms with Crippen LogP contribution in [0.5, 0.6) is 5.75 Å². The van der Waals surface area contributed by atoms with E-state index in [4.69, 9.17) is 10.00 Å². The molecule has 130 valence electrons. The van der Waals surface area contributed by atoms with Gasteiger partial charge in [-0.2, -0.15) is 5.26 Å². The summed E-state index contributed by atoms with van der Waals surface area (Å²) in [7, 11) is 0. The molecule has 0 aromatic heterocycles. The molecular weight excluding hydrogens is 327 g/mol. The van der Waals surface area contributed by atoms with Crippen molar-refractivity contribution in [3.8, 4) is 22.9 Å². The van der Waals surface area contributed by atoms with Gasteiger partial charge in [-0.25, -0.2) is 4.39 Å². The van der Waals surface area contributed by atoms with Crippen molar-refractivity contribution in [2.24, 2.45) is 0 Å². The van der Waals surface area contributed by atoms with Gasteiger partial charge in [-0.05, 0) is 53.1 Å². The SMILES string of the molecule is N#Cc1cccc(OCCNCc2cccc(-c3ccc(F)cc3)c2)c1. The van der Waals surface area contributed by atoms with Crippen LogP contribution in [0.25, 0.3) is 11.1 Å². The predicted molar refractivity (Wildman–Crippen MR) is 100 cm³/mol. The molecule has 0 amide bonds. The molecule has 0 unspecified atom stereocenters. The van der Waals surface area contributed by atoms with E-state index in [0.29, 0.717) is 24.5 Å². The van der Waals surface area contributed by atoms with Crippen LogP contribution in [0.2, 0.25) is 0 Å². The molecule has 3 aromatic rings. The van der Waals surface area contributed by atoms with Gasteiger partial charge in [0.1, 0.15) is 18.2 Å². The average molecular weight is 346 g/mol. The highest BCUT2D eigenvalue weighted by molar-refractivity contribution is 5.64. The Bertz CT molecular complexity index is 901. The van der Waals surface area contributed by atoms with Gasteiger partial charge in [0, 0.05) is 13.1 Å². The molecule has 0 bridgehead atoms. The predicted octanol–water partition coefficient (Wildman–Crippen LogP) is 4.53. The van der Waals surface area contributed by atoms with Gasteiger partial charge in [-0.1, -0.05) is 36.4 Å². The van der Waals surface area contributed by atoms with Gasteiger partial charge in [0.05, 0.1) is 11.6 Å². The first-order valence-electron chi connectivity index (χ1n) is 8.43. The number of benzene rings is 3. The molecule has 3 rings (SSSR count). The van der Waals surface area contributed by atoms with E-state index in [-0.39, 0.29) is 5.82 Å². The molecule has 26 heavy (non-hydrogen) atoms. The standard InChI is InChI=1S/C22H19FN2O/c23-21-9-7-19(8-10-21)20-5-1-4-18(13-20)16-25-11-12-26-22-6-2-3-17(14-22)15-24/h1-10,13-14,25H,11-12,16H2. The minimum atomic E-state index is -0.230. The van der Waals surface area contributed by atoms with Crippen LogP contribution in [0, 0.1) is 17.1 Å². The van der Waals surface area contributed by atoms with Crippen LogP contribution in [0.15, 0.2) is 72.8 Å². The lowest BCUT2D eigenvalue weighted by atomic mass is 10.0. The zero-order valence-corrected chi connectivity index (χ0v) is 14.3. The van der Waals surface area contributed by atoms with Crippen LogP contribution in [0.4, 0.5) is 4.39 Å². The monoisotopic (exact) mass is 346 g/mol. The molecular formula is C22H19FN2O. The molecule has 0 aliphatic carbocycles. The fraction of sp³-hybridized carbons (Fsp3) is 0.136. The number of hydrogen-bond donors (Lipinski definition) is 1. The zero-order valence-electron chi connectivity index (χ0n) is 14.3. The first-order chi connectivity index (χ1) is 12.7. The first kappa shape index (κ1) is 17.7. The van der Waals surface area contributed by atoms with Crippen molar-refractivity contribution in [3.63, 3.8) is 0 Å². The maximum atomic E-state index is 13.0. The van der Waals surface area contributed by atoms with E-state index in [1.54, 1.807) is 24.3 Å². The summed E-state index contributed by atoms with van der Waals surface area (Å²) in [6.07, 6.45) is 0. The van der Waals surface area contributed by atoms with E-state index < -0.39 is 0 Å². The molecule has 0 saturated heterocycles. The molecule has 3 nitrogen and oxygen atoms in total. The quantitative estimate of drug-likeness (QED) is 0.639. The lowest BCUT2D eigenvalue weighted by Crippen LogP contribution is -2.20. The van der Waals surface area contributed by atoms with Crippen LogP contribution in [0.3, 0.4) is 0 Å². The Labute approximate surface area is 152 Å². The molecule has 3 aromatic carbocycles. The Morgan fingerprint density at radius 1 is 0.923 bits per heavy atom. The molecule has 0 fully saturated rings. The smallest absolute Gasteiger partial charge is 0.123 e. The maximum absolute atomic E-state index is 13.0. The second kappa shape index (κ2) is 8.80. The van der Waals surface area contributed by atoms with Crippen molar-refractivity contribution < 1.29 is 9.13 Å². The summed E-state index contributed by atoms with van der Waals surface area (Å²) in [5, 5.41) is 12.2. The summed E-state index contributed by atoms with van der Waals surface area (Å²) in [5.41, 5.74) is 3.80. The molecule has 0 aliphatic heterocycles. The number of ether oxygens (including phenoxy) is 1. The molecule has 0 heterocycles. The third-order valence-corrected chi connectivity index (χ3v) is 3.94. The van der Waals surface area contributed by atoms with E-state index in [0.717, 1.165) is 23.2 Å². The van der Waals surface area contributed by atoms with E-state index >= 15 is 0 Å². The van der Waals surface area contributed by atoms with Crippen LogP contribution in [-0.2, 0) is 6.54 Å². The summed E-state index contributed by atoms with van der Waals surface area (Å²) >= 11 is 0. The number of halogens is 1. The Morgan fingerprint density at radius 3 is 2.54 bits per heavy atom. The van der Waals surface area contributed by atoms with Crippen LogP contribution < -0.4 is 10.1 Å². The average Bonchev–Trinajstić information content (AvgIpc) is 2.69. The minimum absolute atomic E-state index is 0.230. The Balaban J connectivity index is 1.48. The number of nitrogens with one attached hydrogen (secondary N) is 1. The molecule has 4 heteroatoms. The highest BCUT2D eigenvalue weighted by atomic mass is 19.1. The molecule has 0 radical (unpaired) electrons. The van der Waals surface area contributed by atoms with Gasteiger partial charge in [-0.15, -0.1) is 0 Å². The Kier molecular flexibility index (Phi) is 5.97. The van der Waals surface area contributed by atoms with E-state index in [2.05, 4.69) is 23.5 Å². The topological polar surface area (TPSA) is 45.0 Å².